The molecule has 0 bridgehead atoms. The van der Waals surface area contributed by atoms with Crippen molar-refractivity contribution < 1.29 is 18.6 Å². The van der Waals surface area contributed by atoms with Crippen LogP contribution in [0.4, 0.5) is 0 Å². The molecular weight excluding hydrogens is 380 g/mol. The quantitative estimate of drug-likeness (QED) is 0.455. The zero-order valence-corrected chi connectivity index (χ0v) is 16.7. The smallest absolute Gasteiger partial charge is 0.162 e. The van der Waals surface area contributed by atoms with Crippen molar-refractivity contribution in [2.45, 2.75) is 12.5 Å². The van der Waals surface area contributed by atoms with E-state index in [2.05, 4.69) is 29.4 Å². The molecule has 0 saturated carbocycles. The van der Waals surface area contributed by atoms with Crippen molar-refractivity contribution >= 4 is 0 Å². The second-order valence-corrected chi connectivity index (χ2v) is 7.16. The van der Waals surface area contributed by atoms with Gasteiger partial charge >= 0.3 is 0 Å². The normalized spacial score (nSPS) is 16.0. The van der Waals surface area contributed by atoms with Crippen molar-refractivity contribution in [1.82, 2.24) is 9.78 Å². The predicted molar refractivity (Wildman–Crippen MR) is 113 cm³/mol. The summed E-state index contributed by atoms with van der Waals surface area (Å²) in [6.45, 7) is 1.34. The van der Waals surface area contributed by atoms with Gasteiger partial charge in [0.25, 0.3) is 0 Å². The third kappa shape index (κ3) is 3.57. The van der Waals surface area contributed by atoms with E-state index in [0.29, 0.717) is 18.1 Å². The Morgan fingerprint density at radius 2 is 1.83 bits per heavy atom. The molecular formula is C24H22N2O4. The van der Waals surface area contributed by atoms with E-state index in [1.807, 2.05) is 35.0 Å². The molecule has 152 valence electrons. The minimum Gasteiger partial charge on any atom is -0.493 e. The summed E-state index contributed by atoms with van der Waals surface area (Å²) in [6, 6.07) is 18.1. The minimum absolute atomic E-state index is 0.0505. The van der Waals surface area contributed by atoms with Crippen molar-refractivity contribution in [3.05, 3.63) is 73.3 Å². The number of nitrogens with zero attached hydrogens (tertiary/aromatic N) is 2. The Morgan fingerprint density at radius 1 is 0.967 bits per heavy atom. The van der Waals surface area contributed by atoms with Crippen LogP contribution in [0.5, 0.6) is 11.5 Å². The lowest BCUT2D eigenvalue weighted by molar-refractivity contribution is 0.138. The standard InChI is InChI=1S/C24H22N2O4/c1-27-23-7-4-18(14-24(23)30-21-10-13-29-16-21)22-8-11-25-26(22)20-5-2-17(3-6-20)19-9-12-28-15-19/h2-9,11-12,14-15,21H,10,13,16H2,1H3/t21-/m1/s1. The van der Waals surface area contributed by atoms with Crippen LogP contribution in [0.1, 0.15) is 6.42 Å². The van der Waals surface area contributed by atoms with Gasteiger partial charge in [-0.05, 0) is 48.0 Å². The monoisotopic (exact) mass is 402 g/mol. The lowest BCUT2D eigenvalue weighted by Gasteiger charge is -2.16. The number of benzene rings is 2. The maximum absolute atomic E-state index is 6.15. The highest BCUT2D eigenvalue weighted by molar-refractivity contribution is 5.67. The van der Waals surface area contributed by atoms with Gasteiger partial charge in [-0.15, -0.1) is 0 Å². The fraction of sp³-hybridized carbons (Fsp3) is 0.208. The summed E-state index contributed by atoms with van der Waals surface area (Å²) < 4.78 is 24.2. The van der Waals surface area contributed by atoms with Gasteiger partial charge in [0.1, 0.15) is 6.10 Å². The van der Waals surface area contributed by atoms with Crippen LogP contribution in [-0.2, 0) is 4.74 Å². The van der Waals surface area contributed by atoms with Crippen LogP contribution in [0.25, 0.3) is 28.1 Å². The largest absolute Gasteiger partial charge is 0.493 e. The van der Waals surface area contributed by atoms with E-state index in [1.165, 1.54) is 0 Å². The molecule has 1 fully saturated rings. The average molecular weight is 402 g/mol. The summed E-state index contributed by atoms with van der Waals surface area (Å²) in [6.07, 6.45) is 6.15. The molecule has 1 saturated heterocycles. The van der Waals surface area contributed by atoms with Crippen LogP contribution < -0.4 is 9.47 Å². The van der Waals surface area contributed by atoms with Crippen LogP contribution >= 0.6 is 0 Å². The third-order valence-electron chi connectivity index (χ3n) is 5.25. The highest BCUT2D eigenvalue weighted by Crippen LogP contribution is 2.35. The molecule has 1 aliphatic heterocycles. The van der Waals surface area contributed by atoms with Crippen LogP contribution in [0.15, 0.2) is 77.7 Å². The fourth-order valence-electron chi connectivity index (χ4n) is 3.66. The summed E-state index contributed by atoms with van der Waals surface area (Å²) in [5.41, 5.74) is 5.10. The molecule has 0 aliphatic carbocycles. The number of methoxy groups -OCH3 is 1. The Morgan fingerprint density at radius 3 is 2.57 bits per heavy atom. The van der Waals surface area contributed by atoms with Gasteiger partial charge in [-0.2, -0.15) is 5.10 Å². The fourth-order valence-corrected chi connectivity index (χ4v) is 3.66. The Hall–Kier alpha value is -3.51. The number of rotatable bonds is 6. The number of hydrogen-bond donors (Lipinski definition) is 0. The van der Waals surface area contributed by atoms with E-state index in [9.17, 15) is 0 Å². The predicted octanol–water partition coefficient (Wildman–Crippen LogP) is 4.98. The average Bonchev–Trinajstić information content (AvgIpc) is 3.56. The Kier molecular flexibility index (Phi) is 4.99. The Bertz CT molecular complexity index is 1110. The SMILES string of the molecule is COc1ccc(-c2ccnn2-c2ccc(-c3ccoc3)cc2)cc1O[C@@H]1CCOC1. The minimum atomic E-state index is 0.0505. The van der Waals surface area contributed by atoms with Crippen molar-refractivity contribution in [3.8, 4) is 39.6 Å². The van der Waals surface area contributed by atoms with Gasteiger partial charge in [-0.25, -0.2) is 4.68 Å². The van der Waals surface area contributed by atoms with Crippen LogP contribution in [0.3, 0.4) is 0 Å². The third-order valence-corrected chi connectivity index (χ3v) is 5.25. The van der Waals surface area contributed by atoms with E-state index in [0.717, 1.165) is 41.1 Å². The summed E-state index contributed by atoms with van der Waals surface area (Å²) in [5, 5.41) is 4.54. The Balaban J connectivity index is 1.46. The lowest BCUT2D eigenvalue weighted by atomic mass is 10.1. The molecule has 1 aliphatic rings. The van der Waals surface area contributed by atoms with Crippen LogP contribution in [0.2, 0.25) is 0 Å². The summed E-state index contributed by atoms with van der Waals surface area (Å²) in [7, 11) is 1.65. The van der Waals surface area contributed by atoms with Gasteiger partial charge in [0.15, 0.2) is 11.5 Å². The number of aromatic nitrogens is 2. The molecule has 5 rings (SSSR count). The topological polar surface area (TPSA) is 58.7 Å². The first-order valence-corrected chi connectivity index (χ1v) is 9.91. The highest BCUT2D eigenvalue weighted by atomic mass is 16.6. The molecule has 0 radical (unpaired) electrons. The molecule has 30 heavy (non-hydrogen) atoms. The summed E-state index contributed by atoms with van der Waals surface area (Å²) in [5.74, 6) is 1.43. The van der Waals surface area contributed by atoms with Gasteiger partial charge in [0.2, 0.25) is 0 Å². The van der Waals surface area contributed by atoms with Gasteiger partial charge in [0.05, 0.1) is 50.4 Å². The molecule has 6 heteroatoms. The number of furan rings is 1. The maximum Gasteiger partial charge on any atom is 0.162 e. The molecule has 2 aromatic heterocycles. The molecule has 1 atom stereocenters. The second-order valence-electron chi connectivity index (χ2n) is 7.16. The van der Waals surface area contributed by atoms with Crippen molar-refractivity contribution in [3.63, 3.8) is 0 Å². The first-order valence-electron chi connectivity index (χ1n) is 9.91. The van der Waals surface area contributed by atoms with E-state index in [-0.39, 0.29) is 6.10 Å². The first kappa shape index (κ1) is 18.5. The van der Waals surface area contributed by atoms with E-state index < -0.39 is 0 Å². The summed E-state index contributed by atoms with van der Waals surface area (Å²) in [4.78, 5) is 0. The molecule has 0 amide bonds. The lowest BCUT2D eigenvalue weighted by Crippen LogP contribution is -2.16. The zero-order chi connectivity index (χ0) is 20.3. The highest BCUT2D eigenvalue weighted by Gasteiger charge is 2.20. The zero-order valence-electron chi connectivity index (χ0n) is 16.7. The molecule has 3 heterocycles. The van der Waals surface area contributed by atoms with Crippen molar-refractivity contribution in [2.75, 3.05) is 20.3 Å². The van der Waals surface area contributed by atoms with Gasteiger partial charge < -0.3 is 18.6 Å². The van der Waals surface area contributed by atoms with E-state index in [1.54, 1.807) is 25.8 Å². The summed E-state index contributed by atoms with van der Waals surface area (Å²) >= 11 is 0. The molecule has 4 aromatic rings. The molecule has 0 unspecified atom stereocenters. The Labute approximate surface area is 174 Å². The second kappa shape index (κ2) is 8.08. The van der Waals surface area contributed by atoms with Crippen molar-refractivity contribution in [1.29, 1.82) is 0 Å². The number of hydrogen-bond acceptors (Lipinski definition) is 5. The van der Waals surface area contributed by atoms with Crippen LogP contribution in [-0.4, -0.2) is 36.2 Å². The van der Waals surface area contributed by atoms with Gasteiger partial charge in [0, 0.05) is 17.5 Å². The molecule has 2 aromatic carbocycles. The first-order chi connectivity index (χ1) is 14.8. The van der Waals surface area contributed by atoms with Gasteiger partial charge in [-0.1, -0.05) is 12.1 Å². The van der Waals surface area contributed by atoms with Crippen molar-refractivity contribution in [2.24, 2.45) is 0 Å². The van der Waals surface area contributed by atoms with Crippen LogP contribution in [0, 0.1) is 0 Å². The van der Waals surface area contributed by atoms with E-state index >= 15 is 0 Å². The number of ether oxygens (including phenoxy) is 3. The molecule has 0 N–H and O–H groups in total. The maximum atomic E-state index is 6.15. The molecule has 6 nitrogen and oxygen atoms in total. The molecule has 0 spiro atoms. The van der Waals surface area contributed by atoms with E-state index in [4.69, 9.17) is 18.6 Å². The van der Waals surface area contributed by atoms with Gasteiger partial charge in [-0.3, -0.25) is 0 Å².